The molecule has 0 spiro atoms. The number of benzene rings is 2. The summed E-state index contributed by atoms with van der Waals surface area (Å²) in [5.74, 6) is 0.506. The van der Waals surface area contributed by atoms with E-state index in [1.54, 1.807) is 13.2 Å². The van der Waals surface area contributed by atoms with Gasteiger partial charge >= 0.3 is 5.97 Å². The van der Waals surface area contributed by atoms with Gasteiger partial charge in [0.2, 0.25) is 6.23 Å². The van der Waals surface area contributed by atoms with Crippen LogP contribution in [0.1, 0.15) is 47.5 Å². The lowest BCUT2D eigenvalue weighted by atomic mass is 10.1. The maximum Gasteiger partial charge on any atom is 0.344 e. The van der Waals surface area contributed by atoms with Crippen LogP contribution in [0, 0.1) is 0 Å². The molecule has 5 heteroatoms. The minimum atomic E-state index is -0.538. The molecular weight excluding hydrogens is 318 g/mol. The van der Waals surface area contributed by atoms with Gasteiger partial charge in [-0.3, -0.25) is 0 Å². The summed E-state index contributed by atoms with van der Waals surface area (Å²) in [6.45, 7) is 2.19. The summed E-state index contributed by atoms with van der Waals surface area (Å²) in [5.41, 5.74) is 3.37. The predicted octanol–water partition coefficient (Wildman–Crippen LogP) is 4.33. The molecule has 0 saturated carbocycles. The minimum absolute atomic E-state index is 0.407. The number of aryl methyl sites for hydroxylation is 1. The van der Waals surface area contributed by atoms with Gasteiger partial charge in [-0.2, -0.15) is 0 Å². The van der Waals surface area contributed by atoms with Gasteiger partial charge in [0.1, 0.15) is 5.56 Å². The molecule has 0 amide bonds. The Morgan fingerprint density at radius 1 is 1.08 bits per heavy atom. The molecule has 25 heavy (non-hydrogen) atoms. The van der Waals surface area contributed by atoms with Gasteiger partial charge in [-0.05, 0) is 42.7 Å². The molecule has 0 bridgehead atoms. The summed E-state index contributed by atoms with van der Waals surface area (Å²) in [6, 6.07) is 11.8. The van der Waals surface area contributed by atoms with Gasteiger partial charge in [-0.15, -0.1) is 0 Å². The zero-order valence-corrected chi connectivity index (χ0v) is 14.8. The number of nitrogens with one attached hydrogen (secondary N) is 1. The van der Waals surface area contributed by atoms with E-state index in [1.165, 1.54) is 25.5 Å². The summed E-state index contributed by atoms with van der Waals surface area (Å²) < 4.78 is 16.1. The molecule has 0 unspecified atom stereocenters. The lowest BCUT2D eigenvalue weighted by Gasteiger charge is -2.15. The van der Waals surface area contributed by atoms with Crippen LogP contribution in [0.4, 0.5) is 5.69 Å². The molecule has 1 aliphatic rings. The van der Waals surface area contributed by atoms with Crippen molar-refractivity contribution in [1.29, 1.82) is 0 Å². The van der Waals surface area contributed by atoms with Crippen molar-refractivity contribution < 1.29 is 19.0 Å². The van der Waals surface area contributed by atoms with Crippen LogP contribution in [0.25, 0.3) is 0 Å². The largest absolute Gasteiger partial charge is 0.493 e. The van der Waals surface area contributed by atoms with E-state index in [2.05, 4.69) is 24.4 Å². The maximum absolute atomic E-state index is 12.3. The van der Waals surface area contributed by atoms with E-state index in [9.17, 15) is 4.79 Å². The number of fused-ring (bicyclic) bond motifs is 1. The number of carbonyl (C=O) groups is 1. The minimum Gasteiger partial charge on any atom is -0.493 e. The zero-order valence-electron chi connectivity index (χ0n) is 14.8. The van der Waals surface area contributed by atoms with Crippen molar-refractivity contribution in [3.63, 3.8) is 0 Å². The van der Waals surface area contributed by atoms with Crippen molar-refractivity contribution in [1.82, 2.24) is 0 Å². The average molecular weight is 341 g/mol. The number of rotatable bonds is 7. The second-order valence-corrected chi connectivity index (χ2v) is 6.00. The number of esters is 1. The molecule has 1 N–H and O–H groups in total. The van der Waals surface area contributed by atoms with Gasteiger partial charge in [-0.1, -0.05) is 25.5 Å². The number of cyclic esters (lactones) is 1. The standard InChI is InChI=1S/C20H23NO4/c1-4-5-6-13-7-9-14(10-8-13)21-19-15-11-12-16(23-2)18(24-3)17(15)20(22)25-19/h7-12,19,21H,4-6H2,1-3H3/t19-/m0/s1. The van der Waals surface area contributed by atoms with E-state index in [1.807, 2.05) is 18.2 Å². The van der Waals surface area contributed by atoms with E-state index in [-0.39, 0.29) is 0 Å². The number of methoxy groups -OCH3 is 2. The summed E-state index contributed by atoms with van der Waals surface area (Å²) in [5, 5.41) is 3.26. The third-order valence-corrected chi connectivity index (χ3v) is 4.36. The first kappa shape index (κ1) is 17.1. The number of unbranched alkanes of at least 4 members (excludes halogenated alkanes) is 1. The third kappa shape index (κ3) is 3.40. The Balaban J connectivity index is 1.81. The fraction of sp³-hybridized carbons (Fsp3) is 0.350. The Hall–Kier alpha value is -2.69. The number of carbonyl (C=O) groups excluding carboxylic acids is 1. The molecule has 2 aromatic rings. The Bertz CT molecular complexity index is 755. The van der Waals surface area contributed by atoms with Crippen molar-refractivity contribution in [2.24, 2.45) is 0 Å². The summed E-state index contributed by atoms with van der Waals surface area (Å²) in [4.78, 5) is 12.3. The van der Waals surface area contributed by atoms with Crippen molar-refractivity contribution in [3.8, 4) is 11.5 Å². The van der Waals surface area contributed by atoms with Crippen LogP contribution >= 0.6 is 0 Å². The monoisotopic (exact) mass is 341 g/mol. The Morgan fingerprint density at radius 3 is 2.48 bits per heavy atom. The molecule has 0 aliphatic carbocycles. The van der Waals surface area contributed by atoms with Crippen molar-refractivity contribution in [3.05, 3.63) is 53.1 Å². The topological polar surface area (TPSA) is 56.8 Å². The molecule has 2 aromatic carbocycles. The van der Waals surface area contributed by atoms with E-state index in [4.69, 9.17) is 14.2 Å². The van der Waals surface area contributed by atoms with Gasteiger partial charge in [0.15, 0.2) is 11.5 Å². The SMILES string of the molecule is CCCCc1ccc(N[C@H]2OC(=O)c3c2ccc(OC)c3OC)cc1. The molecular formula is C20H23NO4. The highest BCUT2D eigenvalue weighted by atomic mass is 16.6. The van der Waals surface area contributed by atoms with E-state index < -0.39 is 12.2 Å². The van der Waals surface area contributed by atoms with Crippen molar-refractivity contribution in [2.45, 2.75) is 32.4 Å². The Labute approximate surface area is 147 Å². The Kier molecular flexibility index (Phi) is 5.12. The van der Waals surface area contributed by atoms with Crippen LogP contribution in [0.3, 0.4) is 0 Å². The molecule has 0 fully saturated rings. The molecule has 1 aliphatic heterocycles. The normalized spacial score (nSPS) is 15.5. The van der Waals surface area contributed by atoms with E-state index in [0.29, 0.717) is 17.1 Å². The first-order valence-electron chi connectivity index (χ1n) is 8.49. The summed E-state index contributed by atoms with van der Waals surface area (Å²) in [7, 11) is 3.06. The Morgan fingerprint density at radius 2 is 1.84 bits per heavy atom. The van der Waals surface area contributed by atoms with Crippen LogP contribution in [0.2, 0.25) is 0 Å². The average Bonchev–Trinajstić information content (AvgIpc) is 2.96. The molecule has 0 saturated heterocycles. The van der Waals surface area contributed by atoms with Gasteiger partial charge in [0, 0.05) is 11.3 Å². The highest BCUT2D eigenvalue weighted by Gasteiger charge is 2.35. The molecule has 3 rings (SSSR count). The molecule has 0 radical (unpaired) electrons. The van der Waals surface area contributed by atoms with Gasteiger partial charge in [0.25, 0.3) is 0 Å². The molecule has 1 heterocycles. The number of anilines is 1. The van der Waals surface area contributed by atoms with Gasteiger partial charge in [-0.25, -0.2) is 4.79 Å². The number of ether oxygens (including phenoxy) is 3. The summed E-state index contributed by atoms with van der Waals surface area (Å²) in [6.07, 6.45) is 2.90. The molecule has 1 atom stereocenters. The maximum atomic E-state index is 12.3. The molecule has 132 valence electrons. The van der Waals surface area contributed by atoms with E-state index >= 15 is 0 Å². The highest BCUT2D eigenvalue weighted by molar-refractivity contribution is 5.98. The molecule has 5 nitrogen and oxygen atoms in total. The van der Waals surface area contributed by atoms with Crippen molar-refractivity contribution >= 4 is 11.7 Å². The number of hydrogen-bond acceptors (Lipinski definition) is 5. The summed E-state index contributed by atoms with van der Waals surface area (Å²) >= 11 is 0. The second kappa shape index (κ2) is 7.47. The highest BCUT2D eigenvalue weighted by Crippen LogP contribution is 2.42. The number of hydrogen-bond donors (Lipinski definition) is 1. The fourth-order valence-electron chi connectivity index (χ4n) is 3.01. The lowest BCUT2D eigenvalue weighted by molar-refractivity contribution is 0.0435. The van der Waals surface area contributed by atoms with Gasteiger partial charge in [0.05, 0.1) is 14.2 Å². The second-order valence-electron chi connectivity index (χ2n) is 6.00. The predicted molar refractivity (Wildman–Crippen MR) is 96.4 cm³/mol. The van der Waals surface area contributed by atoms with Crippen LogP contribution in [0.5, 0.6) is 11.5 Å². The smallest absolute Gasteiger partial charge is 0.344 e. The van der Waals surface area contributed by atoms with Gasteiger partial charge < -0.3 is 19.5 Å². The van der Waals surface area contributed by atoms with Crippen LogP contribution in [-0.4, -0.2) is 20.2 Å². The van der Waals surface area contributed by atoms with Crippen LogP contribution in [-0.2, 0) is 11.2 Å². The fourth-order valence-corrected chi connectivity index (χ4v) is 3.01. The third-order valence-electron chi connectivity index (χ3n) is 4.36. The van der Waals surface area contributed by atoms with Crippen LogP contribution in [0.15, 0.2) is 36.4 Å². The zero-order chi connectivity index (χ0) is 17.8. The van der Waals surface area contributed by atoms with Crippen molar-refractivity contribution in [2.75, 3.05) is 19.5 Å². The molecule has 0 aromatic heterocycles. The lowest BCUT2D eigenvalue weighted by Crippen LogP contribution is -2.10. The first-order valence-corrected chi connectivity index (χ1v) is 8.49. The first-order chi connectivity index (χ1) is 12.2. The van der Waals surface area contributed by atoms with Crippen LogP contribution < -0.4 is 14.8 Å². The quantitative estimate of drug-likeness (QED) is 0.760. The van der Waals surface area contributed by atoms with E-state index in [0.717, 1.165) is 17.7 Å².